The second kappa shape index (κ2) is 12.6. The molecule has 0 unspecified atom stereocenters. The summed E-state index contributed by atoms with van der Waals surface area (Å²) in [4.78, 5) is 33.8. The van der Waals surface area contributed by atoms with Crippen LogP contribution in [0.3, 0.4) is 0 Å². The van der Waals surface area contributed by atoms with Crippen molar-refractivity contribution < 1.29 is 33.3 Å². The quantitative estimate of drug-likeness (QED) is 0.364. The van der Waals surface area contributed by atoms with Crippen molar-refractivity contribution in [3.05, 3.63) is 72.1 Å². The minimum atomic E-state index is -0.781. The fraction of sp³-hybridized carbons (Fsp3) is 0.394. The van der Waals surface area contributed by atoms with E-state index in [9.17, 15) is 9.59 Å². The smallest absolute Gasteiger partial charge is 0.338 e. The second-order valence-electron chi connectivity index (χ2n) is 10.6. The van der Waals surface area contributed by atoms with Crippen LogP contribution >= 0.6 is 0 Å². The molecule has 0 N–H and O–H groups in total. The molecule has 2 fully saturated rings. The summed E-state index contributed by atoms with van der Waals surface area (Å²) in [5, 5.41) is 0. The summed E-state index contributed by atoms with van der Waals surface area (Å²) in [6.07, 6.45) is 3.90. The van der Waals surface area contributed by atoms with E-state index in [2.05, 4.69) is 58.5 Å². The molecule has 2 aromatic carbocycles. The number of aliphatic imine (C=N–C) groups is 2. The average molecular weight is 571 g/mol. The van der Waals surface area contributed by atoms with Crippen molar-refractivity contribution in [2.24, 2.45) is 9.98 Å². The monoisotopic (exact) mass is 570 g/mol. The standard InChI is InChI=1S/C33H34N2O7/c1-3-5-28(36)31-29(39-18-41-31)26-14-24(16-34-26)22-10-6-20(7-11-22)21-8-12-23(13-9-21)25-15-27(35-17-25)30-32(42-19-40-30)33(37)38-4-2/h6-13,16-17,29-32H,3-5,14-15,18-19H2,1-2H3/t29-,30-,31-,32+/m0/s1. The Morgan fingerprint density at radius 1 is 0.714 bits per heavy atom. The van der Waals surface area contributed by atoms with Gasteiger partial charge in [0.15, 0.2) is 18.0 Å². The number of hydrogen-bond acceptors (Lipinski definition) is 9. The van der Waals surface area contributed by atoms with Gasteiger partial charge >= 0.3 is 5.97 Å². The van der Waals surface area contributed by atoms with Gasteiger partial charge in [0.2, 0.25) is 0 Å². The maximum absolute atomic E-state index is 12.4. The molecule has 0 bridgehead atoms. The Labute approximate surface area is 244 Å². The largest absolute Gasteiger partial charge is 0.464 e. The Kier molecular flexibility index (Phi) is 8.53. The molecule has 9 heteroatoms. The number of rotatable bonds is 10. The summed E-state index contributed by atoms with van der Waals surface area (Å²) in [6.45, 7) is 4.21. The molecule has 0 amide bonds. The van der Waals surface area contributed by atoms with Crippen LogP contribution in [0.1, 0.15) is 50.7 Å². The van der Waals surface area contributed by atoms with Gasteiger partial charge in [-0.25, -0.2) is 4.79 Å². The molecular weight excluding hydrogens is 536 g/mol. The second-order valence-corrected chi connectivity index (χ2v) is 10.6. The van der Waals surface area contributed by atoms with E-state index in [0.29, 0.717) is 19.3 Å². The van der Waals surface area contributed by atoms with E-state index in [1.165, 1.54) is 0 Å². The molecule has 4 heterocycles. The summed E-state index contributed by atoms with van der Waals surface area (Å²) in [6, 6.07) is 16.8. The van der Waals surface area contributed by atoms with Gasteiger partial charge in [-0.2, -0.15) is 0 Å². The topological polar surface area (TPSA) is 105 Å². The van der Waals surface area contributed by atoms with Crippen LogP contribution in [-0.2, 0) is 33.3 Å². The van der Waals surface area contributed by atoms with Crippen LogP contribution in [0.4, 0.5) is 0 Å². The fourth-order valence-electron chi connectivity index (χ4n) is 5.68. The summed E-state index contributed by atoms with van der Waals surface area (Å²) in [5.41, 5.74) is 8.12. The maximum atomic E-state index is 12.4. The highest BCUT2D eigenvalue weighted by atomic mass is 16.7. The first-order valence-electron chi connectivity index (χ1n) is 14.4. The van der Waals surface area contributed by atoms with Crippen molar-refractivity contribution >= 4 is 34.3 Å². The number of hydrogen-bond donors (Lipinski definition) is 0. The number of allylic oxidation sites excluding steroid dienone is 2. The zero-order chi connectivity index (χ0) is 29.1. The fourth-order valence-corrected chi connectivity index (χ4v) is 5.68. The van der Waals surface area contributed by atoms with Gasteiger partial charge in [-0.05, 0) is 46.7 Å². The highest BCUT2D eigenvalue weighted by Gasteiger charge is 2.41. The van der Waals surface area contributed by atoms with Gasteiger partial charge in [0.25, 0.3) is 0 Å². The van der Waals surface area contributed by atoms with Crippen molar-refractivity contribution in [2.45, 2.75) is 63.9 Å². The molecule has 0 saturated carbocycles. The lowest BCUT2D eigenvalue weighted by atomic mass is 9.94. The third kappa shape index (κ3) is 5.78. The van der Waals surface area contributed by atoms with Crippen LogP contribution < -0.4 is 0 Å². The van der Waals surface area contributed by atoms with Crippen molar-refractivity contribution in [3.8, 4) is 11.1 Å². The van der Waals surface area contributed by atoms with E-state index in [1.54, 1.807) is 6.92 Å². The molecule has 4 aliphatic heterocycles. The molecule has 0 aliphatic carbocycles. The first-order valence-corrected chi connectivity index (χ1v) is 14.4. The van der Waals surface area contributed by atoms with E-state index in [1.807, 2.05) is 19.3 Å². The summed E-state index contributed by atoms with van der Waals surface area (Å²) >= 11 is 0. The number of ether oxygens (including phenoxy) is 5. The molecule has 0 spiro atoms. The Morgan fingerprint density at radius 2 is 1.19 bits per heavy atom. The van der Waals surface area contributed by atoms with Crippen LogP contribution in [0.5, 0.6) is 0 Å². The van der Waals surface area contributed by atoms with Crippen molar-refractivity contribution in [1.29, 1.82) is 0 Å². The minimum Gasteiger partial charge on any atom is -0.464 e. The predicted molar refractivity (Wildman–Crippen MR) is 158 cm³/mol. The molecule has 218 valence electrons. The number of Topliss-reactive ketones (excluding diaryl/α,β-unsaturated/α-hetero) is 1. The lowest BCUT2D eigenvalue weighted by molar-refractivity contribution is -0.153. The minimum absolute atomic E-state index is 0.0475. The molecule has 0 aromatic heterocycles. The predicted octanol–water partition coefficient (Wildman–Crippen LogP) is 5.14. The van der Waals surface area contributed by atoms with Crippen LogP contribution in [0.15, 0.2) is 70.9 Å². The number of benzene rings is 2. The Bertz CT molecular complexity index is 1340. The molecule has 2 aromatic rings. The van der Waals surface area contributed by atoms with E-state index in [-0.39, 0.29) is 26.0 Å². The van der Waals surface area contributed by atoms with Gasteiger partial charge in [0.05, 0.1) is 18.0 Å². The Hall–Kier alpha value is -3.76. The zero-order valence-electron chi connectivity index (χ0n) is 23.8. The SMILES string of the molecule is CCCC(=O)[C@@H]1OCO[C@H]1C1=NC=C(c2ccc(-c3ccc(C4=CN=C([C@@H]5OCO[C@H]5C(=O)OCC)C4)cc3)cc2)C1. The zero-order valence-corrected chi connectivity index (χ0v) is 23.8. The number of esters is 1. The van der Waals surface area contributed by atoms with Gasteiger partial charge in [-0.3, -0.25) is 14.8 Å². The summed E-state index contributed by atoms with van der Waals surface area (Å²) in [5.74, 6) is -0.350. The van der Waals surface area contributed by atoms with E-state index < -0.39 is 30.4 Å². The molecule has 4 atom stereocenters. The van der Waals surface area contributed by atoms with Crippen molar-refractivity contribution in [2.75, 3.05) is 20.2 Å². The lowest BCUT2D eigenvalue weighted by Gasteiger charge is -2.16. The lowest BCUT2D eigenvalue weighted by Crippen LogP contribution is -2.38. The van der Waals surface area contributed by atoms with E-state index in [0.717, 1.165) is 51.2 Å². The third-order valence-electron chi connectivity index (χ3n) is 7.89. The normalized spacial score (nSPS) is 25.2. The molecule has 9 nitrogen and oxygen atoms in total. The maximum Gasteiger partial charge on any atom is 0.338 e. The molecule has 0 radical (unpaired) electrons. The molecule has 42 heavy (non-hydrogen) atoms. The average Bonchev–Trinajstić information content (AvgIpc) is 3.83. The third-order valence-corrected chi connectivity index (χ3v) is 7.89. The van der Waals surface area contributed by atoms with Crippen LogP contribution in [0.25, 0.3) is 22.3 Å². The van der Waals surface area contributed by atoms with Gasteiger partial charge < -0.3 is 23.7 Å². The van der Waals surface area contributed by atoms with Crippen LogP contribution in [-0.4, -0.2) is 67.8 Å². The molecule has 6 rings (SSSR count). The number of ketones is 1. The Balaban J connectivity index is 1.05. The van der Waals surface area contributed by atoms with Crippen molar-refractivity contribution in [3.63, 3.8) is 0 Å². The van der Waals surface area contributed by atoms with Gasteiger partial charge in [-0.15, -0.1) is 0 Å². The Morgan fingerprint density at radius 3 is 1.69 bits per heavy atom. The van der Waals surface area contributed by atoms with Crippen molar-refractivity contribution in [1.82, 2.24) is 0 Å². The summed E-state index contributed by atoms with van der Waals surface area (Å²) in [7, 11) is 0. The highest BCUT2D eigenvalue weighted by Crippen LogP contribution is 2.33. The molecule has 2 saturated heterocycles. The highest BCUT2D eigenvalue weighted by molar-refractivity contribution is 6.05. The number of carbonyl (C=O) groups is 2. The van der Waals surface area contributed by atoms with E-state index >= 15 is 0 Å². The van der Waals surface area contributed by atoms with Gasteiger partial charge in [0, 0.05) is 31.7 Å². The molecule has 4 aliphatic rings. The first-order chi connectivity index (χ1) is 20.6. The van der Waals surface area contributed by atoms with Crippen LogP contribution in [0, 0.1) is 0 Å². The molecular formula is C33H34N2O7. The summed E-state index contributed by atoms with van der Waals surface area (Å²) < 4.78 is 27.5. The van der Waals surface area contributed by atoms with E-state index in [4.69, 9.17) is 23.7 Å². The van der Waals surface area contributed by atoms with Gasteiger partial charge in [-0.1, -0.05) is 55.5 Å². The first kappa shape index (κ1) is 28.4. The number of carbonyl (C=O) groups excluding carboxylic acids is 2. The van der Waals surface area contributed by atoms with Crippen LogP contribution in [0.2, 0.25) is 0 Å². The number of nitrogens with zero attached hydrogens (tertiary/aromatic N) is 2. The van der Waals surface area contributed by atoms with Gasteiger partial charge in [0.1, 0.15) is 25.8 Å².